The summed E-state index contributed by atoms with van der Waals surface area (Å²) in [6.07, 6.45) is 0.0513. The number of thiazole rings is 1. The van der Waals surface area contributed by atoms with Gasteiger partial charge in [0.15, 0.2) is 5.13 Å². The third-order valence-electron chi connectivity index (χ3n) is 2.59. The number of aliphatic carboxylic acids is 1. The molecule has 4 nitrogen and oxygen atoms in total. The Morgan fingerprint density at radius 3 is 2.50 bits per heavy atom. The van der Waals surface area contributed by atoms with Crippen LogP contribution in [-0.2, 0) is 11.2 Å². The summed E-state index contributed by atoms with van der Waals surface area (Å²) < 4.78 is 0. The molecule has 2 N–H and O–H groups in total. The lowest BCUT2D eigenvalue weighted by atomic mass is 10.1. The maximum absolute atomic E-state index is 10.6. The molecule has 0 saturated carbocycles. The first-order valence-corrected chi connectivity index (χ1v) is 6.38. The van der Waals surface area contributed by atoms with Crippen molar-refractivity contribution in [1.29, 1.82) is 0 Å². The summed E-state index contributed by atoms with van der Waals surface area (Å²) >= 11 is 1.61. The van der Waals surface area contributed by atoms with Crippen LogP contribution in [0, 0.1) is 13.8 Å². The van der Waals surface area contributed by atoms with Gasteiger partial charge in [-0.2, -0.15) is 0 Å². The summed E-state index contributed by atoms with van der Waals surface area (Å²) in [5.41, 5.74) is 2.74. The number of hydrogen-bond acceptors (Lipinski definition) is 4. The first-order chi connectivity index (χ1) is 8.54. The molecular weight excluding hydrogens is 248 g/mol. The number of aryl methyl sites for hydroxylation is 2. The van der Waals surface area contributed by atoms with Crippen molar-refractivity contribution in [3.63, 3.8) is 0 Å². The molecule has 1 heterocycles. The topological polar surface area (TPSA) is 62.2 Å². The number of nitrogens with zero attached hydrogens (tertiary/aromatic N) is 1. The predicted octanol–water partition coefficient (Wildman–Crippen LogP) is 3.13. The van der Waals surface area contributed by atoms with Gasteiger partial charge in [0, 0.05) is 10.6 Å². The Kier molecular flexibility index (Phi) is 3.62. The van der Waals surface area contributed by atoms with Gasteiger partial charge < -0.3 is 10.4 Å². The number of benzene rings is 1. The van der Waals surface area contributed by atoms with E-state index in [1.165, 1.54) is 4.88 Å². The molecule has 0 amide bonds. The normalized spacial score (nSPS) is 10.3. The van der Waals surface area contributed by atoms with E-state index in [4.69, 9.17) is 5.11 Å². The van der Waals surface area contributed by atoms with E-state index < -0.39 is 5.97 Å². The van der Waals surface area contributed by atoms with Gasteiger partial charge in [0.05, 0.1) is 12.1 Å². The largest absolute Gasteiger partial charge is 0.481 e. The van der Waals surface area contributed by atoms with Crippen molar-refractivity contribution < 1.29 is 9.90 Å². The van der Waals surface area contributed by atoms with Crippen molar-refractivity contribution in [3.05, 3.63) is 40.4 Å². The molecule has 0 saturated heterocycles. The van der Waals surface area contributed by atoms with Gasteiger partial charge in [-0.05, 0) is 31.5 Å². The molecule has 5 heteroatoms. The minimum Gasteiger partial charge on any atom is -0.481 e. The van der Waals surface area contributed by atoms with E-state index in [-0.39, 0.29) is 6.42 Å². The van der Waals surface area contributed by atoms with Crippen LogP contribution in [0.2, 0.25) is 0 Å². The lowest BCUT2D eigenvalue weighted by molar-refractivity contribution is -0.136. The van der Waals surface area contributed by atoms with Crippen molar-refractivity contribution in [2.75, 3.05) is 5.32 Å². The number of hydrogen-bond donors (Lipinski definition) is 2. The summed E-state index contributed by atoms with van der Waals surface area (Å²) in [6.45, 7) is 4.01. The van der Waals surface area contributed by atoms with E-state index in [9.17, 15) is 4.79 Å². The van der Waals surface area contributed by atoms with E-state index in [2.05, 4.69) is 10.3 Å². The minimum absolute atomic E-state index is 0.0513. The van der Waals surface area contributed by atoms with Crippen molar-refractivity contribution in [3.8, 4) is 0 Å². The van der Waals surface area contributed by atoms with Crippen molar-refractivity contribution in [2.45, 2.75) is 20.3 Å². The molecule has 0 radical (unpaired) electrons. The van der Waals surface area contributed by atoms with Gasteiger partial charge in [-0.25, -0.2) is 4.98 Å². The van der Waals surface area contributed by atoms with Gasteiger partial charge in [0.25, 0.3) is 0 Å². The second kappa shape index (κ2) is 5.18. The first kappa shape index (κ1) is 12.6. The van der Waals surface area contributed by atoms with Crippen LogP contribution in [0.4, 0.5) is 10.8 Å². The Balaban J connectivity index is 2.08. The Morgan fingerprint density at radius 1 is 1.33 bits per heavy atom. The highest BCUT2D eigenvalue weighted by molar-refractivity contribution is 7.15. The third kappa shape index (κ3) is 3.07. The Morgan fingerprint density at radius 2 is 2.00 bits per heavy atom. The second-order valence-corrected chi connectivity index (χ2v) is 5.26. The lowest BCUT2D eigenvalue weighted by Gasteiger charge is -2.03. The zero-order valence-electron chi connectivity index (χ0n) is 10.2. The highest BCUT2D eigenvalue weighted by atomic mass is 32.1. The molecule has 18 heavy (non-hydrogen) atoms. The van der Waals surface area contributed by atoms with Gasteiger partial charge >= 0.3 is 5.97 Å². The van der Waals surface area contributed by atoms with Gasteiger partial charge in [-0.15, -0.1) is 11.3 Å². The van der Waals surface area contributed by atoms with Gasteiger partial charge in [-0.3, -0.25) is 4.79 Å². The summed E-state index contributed by atoms with van der Waals surface area (Å²) in [5, 5.41) is 12.7. The van der Waals surface area contributed by atoms with Crippen LogP contribution < -0.4 is 5.32 Å². The number of nitrogens with one attached hydrogen (secondary N) is 1. The zero-order chi connectivity index (χ0) is 13.1. The number of carboxylic acid groups (broad SMARTS) is 1. The smallest absolute Gasteiger partial charge is 0.307 e. The van der Waals surface area contributed by atoms with E-state index in [0.717, 1.165) is 22.1 Å². The summed E-state index contributed by atoms with van der Waals surface area (Å²) in [7, 11) is 0. The molecule has 0 unspecified atom stereocenters. The number of aromatic nitrogens is 1. The standard InChI is InChI=1S/C13H14N2O2S/c1-8-9(2)18-13(14-8)15-11-5-3-10(4-6-11)7-12(16)17/h3-6H,7H2,1-2H3,(H,14,15)(H,16,17). The fraction of sp³-hybridized carbons (Fsp3) is 0.231. The third-order valence-corrected chi connectivity index (χ3v) is 3.58. The predicted molar refractivity (Wildman–Crippen MR) is 72.7 cm³/mol. The molecule has 1 aromatic carbocycles. The molecule has 0 atom stereocenters. The van der Waals surface area contributed by atoms with Crippen molar-refractivity contribution in [2.24, 2.45) is 0 Å². The average Bonchev–Trinajstić information content (AvgIpc) is 2.60. The van der Waals surface area contributed by atoms with E-state index in [1.807, 2.05) is 38.1 Å². The van der Waals surface area contributed by atoms with Crippen molar-refractivity contribution >= 4 is 28.1 Å². The molecule has 0 aliphatic heterocycles. The van der Waals surface area contributed by atoms with Gasteiger partial charge in [0.1, 0.15) is 0 Å². The van der Waals surface area contributed by atoms with Crippen LogP contribution in [0.3, 0.4) is 0 Å². The van der Waals surface area contributed by atoms with Crippen LogP contribution in [0.15, 0.2) is 24.3 Å². The molecule has 0 bridgehead atoms. The molecule has 1 aromatic heterocycles. The maximum Gasteiger partial charge on any atom is 0.307 e. The average molecular weight is 262 g/mol. The van der Waals surface area contributed by atoms with Crippen LogP contribution in [0.1, 0.15) is 16.1 Å². The Labute approximate surface area is 109 Å². The molecule has 0 fully saturated rings. The number of carboxylic acids is 1. The van der Waals surface area contributed by atoms with Crippen molar-refractivity contribution in [1.82, 2.24) is 4.98 Å². The molecule has 2 rings (SSSR count). The van der Waals surface area contributed by atoms with Crippen LogP contribution in [-0.4, -0.2) is 16.1 Å². The molecule has 0 spiro atoms. The summed E-state index contributed by atoms with van der Waals surface area (Å²) in [5.74, 6) is -0.818. The quantitative estimate of drug-likeness (QED) is 0.888. The molecule has 0 aliphatic rings. The highest BCUT2D eigenvalue weighted by Gasteiger charge is 2.04. The Bertz CT molecular complexity index is 541. The fourth-order valence-corrected chi connectivity index (χ4v) is 2.37. The molecular formula is C13H14N2O2S. The van der Waals surface area contributed by atoms with E-state index >= 15 is 0 Å². The zero-order valence-corrected chi connectivity index (χ0v) is 11.0. The highest BCUT2D eigenvalue weighted by Crippen LogP contribution is 2.24. The monoisotopic (exact) mass is 262 g/mol. The molecule has 0 aliphatic carbocycles. The number of rotatable bonds is 4. The van der Waals surface area contributed by atoms with Crippen LogP contribution in [0.5, 0.6) is 0 Å². The SMILES string of the molecule is Cc1nc(Nc2ccc(CC(=O)O)cc2)sc1C. The minimum atomic E-state index is -0.818. The maximum atomic E-state index is 10.6. The fourth-order valence-electron chi connectivity index (χ4n) is 1.53. The van der Waals surface area contributed by atoms with Gasteiger partial charge in [-0.1, -0.05) is 12.1 Å². The summed E-state index contributed by atoms with van der Waals surface area (Å²) in [4.78, 5) is 16.1. The Hall–Kier alpha value is -1.88. The van der Waals surface area contributed by atoms with E-state index in [1.54, 1.807) is 11.3 Å². The number of anilines is 2. The summed E-state index contributed by atoms with van der Waals surface area (Å²) in [6, 6.07) is 7.35. The molecule has 2 aromatic rings. The lowest BCUT2D eigenvalue weighted by Crippen LogP contribution is -1.99. The van der Waals surface area contributed by atoms with Crippen LogP contribution in [0.25, 0.3) is 0 Å². The van der Waals surface area contributed by atoms with Gasteiger partial charge in [0.2, 0.25) is 0 Å². The second-order valence-electron chi connectivity index (χ2n) is 4.05. The van der Waals surface area contributed by atoms with E-state index in [0.29, 0.717) is 0 Å². The molecule has 94 valence electrons. The number of carbonyl (C=O) groups is 1. The van der Waals surface area contributed by atoms with Crippen LogP contribution >= 0.6 is 11.3 Å². The first-order valence-electron chi connectivity index (χ1n) is 5.56.